The molecule has 22 heteroatoms. The van der Waals surface area contributed by atoms with Crippen molar-refractivity contribution in [3.8, 4) is 0 Å². The third-order valence-electron chi connectivity index (χ3n) is 5.87. The van der Waals surface area contributed by atoms with Crippen LogP contribution < -0.4 is 11.1 Å². The fraction of sp³-hybridized carbons (Fsp3) is 0.895. The molecule has 1 amide bonds. The number of rotatable bonds is 15. The Kier molecular flexibility index (Phi) is 13.2. The van der Waals surface area contributed by atoms with E-state index in [0.717, 1.165) is 6.92 Å². The van der Waals surface area contributed by atoms with Gasteiger partial charge in [-0.3, -0.25) is 13.9 Å². The number of amides is 1. The Morgan fingerprint density at radius 3 is 2.10 bits per heavy atom. The molecule has 2 heterocycles. The summed E-state index contributed by atoms with van der Waals surface area (Å²) < 4.78 is 92.9. The van der Waals surface area contributed by atoms with Gasteiger partial charge in [-0.05, 0) is 25.8 Å². The van der Waals surface area contributed by atoms with E-state index in [1.165, 1.54) is 0 Å². The van der Waals surface area contributed by atoms with E-state index in [4.69, 9.17) is 33.8 Å². The van der Waals surface area contributed by atoms with Crippen LogP contribution in [0.15, 0.2) is 0 Å². The highest BCUT2D eigenvalue weighted by atomic mass is 32.3. The van der Waals surface area contributed by atoms with Crippen molar-refractivity contribution in [3.63, 3.8) is 0 Å². The monoisotopic (exact) mass is 642 g/mol. The van der Waals surface area contributed by atoms with Gasteiger partial charge in [0.2, 0.25) is 5.91 Å². The summed E-state index contributed by atoms with van der Waals surface area (Å²) in [4.78, 5) is 23.8. The van der Waals surface area contributed by atoms with Gasteiger partial charge < -0.3 is 50.4 Å². The summed E-state index contributed by atoms with van der Waals surface area (Å²) in [6.45, 7) is 0.148. The average molecular weight is 643 g/mol. The zero-order valence-electron chi connectivity index (χ0n) is 21.5. The maximum absolute atomic E-state index is 12.0. The summed E-state index contributed by atoms with van der Waals surface area (Å²) in [5.74, 6) is -2.58. The maximum atomic E-state index is 12.0. The number of nitrogens with two attached hydrogens (primary N) is 1. The van der Waals surface area contributed by atoms with Gasteiger partial charge >= 0.3 is 26.8 Å². The quantitative estimate of drug-likeness (QED) is 0.0618. The van der Waals surface area contributed by atoms with Gasteiger partial charge in [-0.2, -0.15) is 16.8 Å². The van der Waals surface area contributed by atoms with Gasteiger partial charge in [0.15, 0.2) is 18.7 Å². The maximum Gasteiger partial charge on any atom is 0.397 e. The molecule has 0 spiro atoms. The van der Waals surface area contributed by atoms with Gasteiger partial charge in [-0.15, -0.1) is 0 Å². The molecule has 2 fully saturated rings. The average Bonchev–Trinajstić information content (AvgIpc) is 2.84. The fourth-order valence-corrected chi connectivity index (χ4v) is 4.90. The van der Waals surface area contributed by atoms with Crippen molar-refractivity contribution in [3.05, 3.63) is 0 Å². The van der Waals surface area contributed by atoms with E-state index in [1.54, 1.807) is 0 Å². The van der Waals surface area contributed by atoms with Crippen molar-refractivity contribution >= 4 is 32.7 Å². The van der Waals surface area contributed by atoms with Crippen LogP contribution in [-0.4, -0.2) is 139 Å². The fourth-order valence-electron chi connectivity index (χ4n) is 4.07. The summed E-state index contributed by atoms with van der Waals surface area (Å²) >= 11 is 0. The number of hydrogen-bond donors (Lipinski definition) is 8. The molecule has 9 N–H and O–H groups in total. The Bertz CT molecular complexity index is 1090. The van der Waals surface area contributed by atoms with Crippen LogP contribution >= 0.6 is 0 Å². The number of carbonyl (C=O) groups excluding carboxylic acids is 1. The van der Waals surface area contributed by atoms with Crippen molar-refractivity contribution in [1.82, 2.24) is 5.32 Å². The third-order valence-corrected chi connectivity index (χ3v) is 6.77. The molecule has 0 saturated carbocycles. The van der Waals surface area contributed by atoms with Crippen LogP contribution in [0.1, 0.15) is 26.2 Å². The predicted octanol–water partition coefficient (Wildman–Crippen LogP) is -4.35. The number of aliphatic carboxylic acids is 1. The zero-order valence-corrected chi connectivity index (χ0v) is 23.1. The largest absolute Gasteiger partial charge is 0.479 e. The Morgan fingerprint density at radius 2 is 1.56 bits per heavy atom. The lowest BCUT2D eigenvalue weighted by Crippen LogP contribution is -2.68. The van der Waals surface area contributed by atoms with Gasteiger partial charge in [0, 0.05) is 13.5 Å². The second-order valence-corrected chi connectivity index (χ2v) is 11.2. The van der Waals surface area contributed by atoms with Crippen LogP contribution in [0.3, 0.4) is 0 Å². The molecular formula is C19H34N2O18S2. The SMILES string of the molecule is CC(=O)N[C@H]1[C@H](O[C@H]2[C@H](O)[C@@H](O)[C@H](OCCCCCN)O[C@@H]2C(=O)O)O[C@H](COS(=O)(=O)O)[C@H](OS(=O)(=O)O)[C@@H]1O. The summed E-state index contributed by atoms with van der Waals surface area (Å²) in [5.41, 5.74) is 5.40. The molecule has 0 bridgehead atoms. The van der Waals surface area contributed by atoms with Gasteiger partial charge in [0.25, 0.3) is 0 Å². The Balaban J connectivity index is 2.34. The molecular weight excluding hydrogens is 608 g/mol. The van der Waals surface area contributed by atoms with Gasteiger partial charge in [-0.25, -0.2) is 13.2 Å². The molecule has 2 aliphatic heterocycles. The molecule has 0 aromatic heterocycles. The highest BCUT2D eigenvalue weighted by molar-refractivity contribution is 7.81. The van der Waals surface area contributed by atoms with Crippen molar-refractivity contribution in [1.29, 1.82) is 0 Å². The number of ether oxygens (including phenoxy) is 4. The molecule has 0 unspecified atom stereocenters. The first kappa shape index (κ1) is 35.6. The summed E-state index contributed by atoms with van der Waals surface area (Å²) in [6.07, 6.45) is -16.2. The molecule has 10 atom stereocenters. The summed E-state index contributed by atoms with van der Waals surface area (Å²) in [7, 11) is -10.5. The smallest absolute Gasteiger partial charge is 0.397 e. The first-order valence-electron chi connectivity index (χ1n) is 12.0. The summed E-state index contributed by atoms with van der Waals surface area (Å²) in [5, 5.41) is 43.9. The van der Waals surface area contributed by atoms with E-state index in [2.05, 4.69) is 13.7 Å². The minimum atomic E-state index is -5.35. The van der Waals surface area contributed by atoms with Gasteiger partial charge in [0.05, 0.1) is 6.61 Å². The first-order valence-corrected chi connectivity index (χ1v) is 14.8. The van der Waals surface area contributed by atoms with E-state index >= 15 is 0 Å². The number of carboxylic acids is 1. The number of aliphatic hydroxyl groups is 3. The van der Waals surface area contributed by atoms with Crippen LogP contribution in [0.4, 0.5) is 0 Å². The van der Waals surface area contributed by atoms with Crippen LogP contribution in [0.5, 0.6) is 0 Å². The molecule has 240 valence electrons. The predicted molar refractivity (Wildman–Crippen MR) is 128 cm³/mol. The molecule has 2 saturated heterocycles. The first-order chi connectivity index (χ1) is 18.9. The van der Waals surface area contributed by atoms with Crippen LogP contribution in [-0.2, 0) is 57.7 Å². The molecule has 20 nitrogen and oxygen atoms in total. The zero-order chi connectivity index (χ0) is 31.1. The van der Waals surface area contributed by atoms with Crippen LogP contribution in [0.2, 0.25) is 0 Å². The Hall–Kier alpha value is -1.64. The minimum Gasteiger partial charge on any atom is -0.479 e. The molecule has 2 aliphatic rings. The van der Waals surface area contributed by atoms with E-state index in [9.17, 15) is 46.9 Å². The van der Waals surface area contributed by atoms with Crippen molar-refractivity contribution in [2.24, 2.45) is 5.73 Å². The van der Waals surface area contributed by atoms with Crippen molar-refractivity contribution in [2.45, 2.75) is 87.5 Å². The Morgan fingerprint density at radius 1 is 0.902 bits per heavy atom. The third kappa shape index (κ3) is 10.9. The lowest BCUT2D eigenvalue weighted by Gasteiger charge is -2.47. The van der Waals surface area contributed by atoms with Gasteiger partial charge in [-0.1, -0.05) is 0 Å². The van der Waals surface area contributed by atoms with Crippen LogP contribution in [0, 0.1) is 0 Å². The second kappa shape index (κ2) is 15.2. The molecule has 41 heavy (non-hydrogen) atoms. The topological polar surface area (TPSA) is 317 Å². The standard InChI is InChI=1S/C19H34N2O18S2/c1-8(22)21-10-11(23)14(39-41(31,32)33)9(7-35-40(28,29)30)36-18(10)37-15-12(24)13(25)19(38-16(15)17(26)27)34-6-4-2-3-5-20/h9-16,18-19,23-25H,2-7,20H2,1H3,(H,21,22)(H,26,27)(H,28,29,30)(H,31,32,33)/t9-,10-,11-,12-,13-,14+,15+,16+,18+,19-/m1/s1. The molecule has 2 rings (SSSR count). The number of aliphatic hydroxyl groups excluding tert-OH is 3. The van der Waals surface area contributed by atoms with Crippen molar-refractivity contribution < 1.29 is 83.3 Å². The number of nitrogens with one attached hydrogen (secondary N) is 1. The van der Waals surface area contributed by atoms with E-state index in [0.29, 0.717) is 25.8 Å². The number of carbonyl (C=O) groups is 2. The molecule has 0 aliphatic carbocycles. The lowest BCUT2D eigenvalue weighted by atomic mass is 9.95. The van der Waals surface area contributed by atoms with E-state index in [-0.39, 0.29) is 6.61 Å². The molecule has 0 radical (unpaired) electrons. The molecule has 0 aromatic carbocycles. The number of hydrogen-bond acceptors (Lipinski definition) is 16. The Labute approximate surface area is 234 Å². The second-order valence-electron chi connectivity index (χ2n) is 9.03. The number of carboxylic acid groups (broad SMARTS) is 1. The normalized spacial score (nSPS) is 34.7. The number of unbranched alkanes of at least 4 members (excludes halogenated alkanes) is 2. The van der Waals surface area contributed by atoms with Crippen LogP contribution in [0.25, 0.3) is 0 Å². The summed E-state index contributed by atoms with van der Waals surface area (Å²) in [6, 6.07) is -1.82. The highest BCUT2D eigenvalue weighted by Gasteiger charge is 2.54. The highest BCUT2D eigenvalue weighted by Crippen LogP contribution is 2.31. The van der Waals surface area contributed by atoms with E-state index in [1.807, 2.05) is 0 Å². The lowest BCUT2D eigenvalue weighted by molar-refractivity contribution is -0.339. The minimum absolute atomic E-state index is 0.0133. The van der Waals surface area contributed by atoms with Crippen molar-refractivity contribution in [2.75, 3.05) is 19.8 Å². The van der Waals surface area contributed by atoms with E-state index < -0.39 is 101 Å². The van der Waals surface area contributed by atoms with Gasteiger partial charge in [0.1, 0.15) is 42.7 Å². The molecule has 0 aromatic rings.